The lowest BCUT2D eigenvalue weighted by Crippen LogP contribution is -2.14. The van der Waals surface area contributed by atoms with Gasteiger partial charge in [-0.15, -0.1) is 0 Å². The van der Waals surface area contributed by atoms with E-state index in [-0.39, 0.29) is 15.8 Å². The Morgan fingerprint density at radius 3 is 2.80 bits per heavy atom. The van der Waals surface area contributed by atoms with E-state index in [2.05, 4.69) is 21.2 Å². The maximum absolute atomic E-state index is 13.0. The average molecular weight is 278 g/mol. The summed E-state index contributed by atoms with van der Waals surface area (Å²) in [5.74, 6) is -0.667. The molecule has 5 nitrogen and oxygen atoms in total. The summed E-state index contributed by atoms with van der Waals surface area (Å²) in [7, 11) is 0. The smallest absolute Gasteiger partial charge is 0.295 e. The van der Waals surface area contributed by atoms with Gasteiger partial charge in [-0.1, -0.05) is 0 Å². The van der Waals surface area contributed by atoms with Gasteiger partial charge in [-0.2, -0.15) is 0 Å². The van der Waals surface area contributed by atoms with Gasteiger partial charge in [0.2, 0.25) is 0 Å². The minimum absolute atomic E-state index is 0.174. The van der Waals surface area contributed by atoms with Gasteiger partial charge >= 0.3 is 0 Å². The third kappa shape index (κ3) is 2.87. The molecule has 7 heteroatoms. The Morgan fingerprint density at radius 2 is 2.27 bits per heavy atom. The van der Waals surface area contributed by atoms with Gasteiger partial charge in [0.25, 0.3) is 5.69 Å². The fourth-order valence-electron chi connectivity index (χ4n) is 1.04. The zero-order valence-corrected chi connectivity index (χ0v) is 9.25. The summed E-state index contributed by atoms with van der Waals surface area (Å²) in [6.45, 7) is 0.727. The van der Waals surface area contributed by atoms with Crippen LogP contribution in [0.25, 0.3) is 0 Å². The van der Waals surface area contributed by atoms with Crippen LogP contribution in [0.2, 0.25) is 0 Å². The second-order valence-corrected chi connectivity index (χ2v) is 3.61. The summed E-state index contributed by atoms with van der Waals surface area (Å²) in [4.78, 5) is 9.96. The van der Waals surface area contributed by atoms with Gasteiger partial charge in [0, 0.05) is 13.1 Å². The highest BCUT2D eigenvalue weighted by molar-refractivity contribution is 9.10. The zero-order valence-electron chi connectivity index (χ0n) is 7.67. The normalized spacial score (nSPS) is 10.1. The van der Waals surface area contributed by atoms with Gasteiger partial charge in [-0.25, -0.2) is 4.39 Å². The molecule has 15 heavy (non-hydrogen) atoms. The third-order valence-corrected chi connectivity index (χ3v) is 2.30. The number of nitro groups is 1. The number of nitrogens with two attached hydrogens (primary N) is 1. The zero-order chi connectivity index (χ0) is 11.4. The molecule has 0 aromatic heterocycles. The first kappa shape index (κ1) is 11.9. The van der Waals surface area contributed by atoms with Gasteiger partial charge in [0.05, 0.1) is 15.5 Å². The summed E-state index contributed by atoms with van der Waals surface area (Å²) in [5.41, 5.74) is 5.20. The molecule has 1 aromatic carbocycles. The van der Waals surface area contributed by atoms with E-state index in [0.717, 1.165) is 6.07 Å². The highest BCUT2D eigenvalue weighted by atomic mass is 79.9. The Bertz CT molecular complexity index is 386. The van der Waals surface area contributed by atoms with Crippen LogP contribution in [0.3, 0.4) is 0 Å². The van der Waals surface area contributed by atoms with Crippen LogP contribution in [-0.4, -0.2) is 18.0 Å². The lowest BCUT2D eigenvalue weighted by atomic mass is 10.2. The van der Waals surface area contributed by atoms with Crippen molar-refractivity contribution in [3.63, 3.8) is 0 Å². The highest BCUT2D eigenvalue weighted by Crippen LogP contribution is 2.30. The van der Waals surface area contributed by atoms with Crippen LogP contribution in [0.4, 0.5) is 15.8 Å². The monoisotopic (exact) mass is 277 g/mol. The summed E-state index contributed by atoms with van der Waals surface area (Å²) in [6.07, 6.45) is 0. The molecule has 0 aliphatic heterocycles. The summed E-state index contributed by atoms with van der Waals surface area (Å²) >= 11 is 2.95. The topological polar surface area (TPSA) is 81.2 Å². The molecule has 1 aromatic rings. The van der Waals surface area contributed by atoms with Crippen molar-refractivity contribution in [2.45, 2.75) is 0 Å². The molecule has 1 rings (SSSR count). The molecule has 0 atom stereocenters. The van der Waals surface area contributed by atoms with Crippen molar-refractivity contribution in [2.75, 3.05) is 18.4 Å². The highest BCUT2D eigenvalue weighted by Gasteiger charge is 2.16. The number of halogens is 2. The maximum Gasteiger partial charge on any atom is 0.295 e. The molecular formula is C8H9BrFN3O2. The minimum Gasteiger partial charge on any atom is -0.378 e. The number of nitro benzene ring substituents is 1. The van der Waals surface area contributed by atoms with Crippen molar-refractivity contribution < 1.29 is 9.31 Å². The predicted octanol–water partition coefficient (Wildman–Crippen LogP) is 1.87. The van der Waals surface area contributed by atoms with Crippen molar-refractivity contribution in [3.8, 4) is 0 Å². The Hall–Kier alpha value is -1.21. The van der Waals surface area contributed by atoms with Crippen LogP contribution < -0.4 is 11.1 Å². The van der Waals surface area contributed by atoms with Crippen LogP contribution in [0.1, 0.15) is 0 Å². The first-order valence-electron chi connectivity index (χ1n) is 4.13. The van der Waals surface area contributed by atoms with Crippen molar-refractivity contribution in [1.29, 1.82) is 0 Å². The second-order valence-electron chi connectivity index (χ2n) is 2.76. The molecule has 0 unspecified atom stereocenters. The lowest BCUT2D eigenvalue weighted by molar-refractivity contribution is -0.384. The number of benzene rings is 1. The van der Waals surface area contributed by atoms with E-state index in [1.54, 1.807) is 0 Å². The lowest BCUT2D eigenvalue weighted by Gasteiger charge is -2.06. The molecule has 0 aliphatic rings. The van der Waals surface area contributed by atoms with Crippen LogP contribution in [0.5, 0.6) is 0 Å². The Labute approximate surface area is 93.7 Å². The summed E-state index contributed by atoms with van der Waals surface area (Å²) < 4.78 is 13.2. The van der Waals surface area contributed by atoms with E-state index in [9.17, 15) is 14.5 Å². The van der Waals surface area contributed by atoms with Crippen LogP contribution in [0, 0.1) is 15.9 Å². The van der Waals surface area contributed by atoms with Crippen LogP contribution in [-0.2, 0) is 0 Å². The molecule has 0 radical (unpaired) electrons. The third-order valence-electron chi connectivity index (χ3n) is 1.70. The minimum atomic E-state index is -0.667. The molecular weight excluding hydrogens is 269 g/mol. The Kier molecular flexibility index (Phi) is 3.98. The standard InChI is InChI=1S/C8H9BrFN3O2/c9-5-3-7(12-2-1-11)8(13(14)15)4-6(5)10/h3-4,12H,1-2,11H2. The molecule has 0 heterocycles. The molecule has 0 aliphatic carbocycles. The van der Waals surface area contributed by atoms with E-state index < -0.39 is 10.7 Å². The molecule has 3 N–H and O–H groups in total. The van der Waals surface area contributed by atoms with Crippen molar-refractivity contribution in [2.24, 2.45) is 5.73 Å². The number of anilines is 1. The molecule has 0 fully saturated rings. The molecule has 0 saturated heterocycles. The van der Waals surface area contributed by atoms with E-state index in [1.165, 1.54) is 6.07 Å². The second kappa shape index (κ2) is 5.04. The largest absolute Gasteiger partial charge is 0.378 e. The van der Waals surface area contributed by atoms with E-state index in [4.69, 9.17) is 5.73 Å². The van der Waals surface area contributed by atoms with Crippen LogP contribution >= 0.6 is 15.9 Å². The van der Waals surface area contributed by atoms with E-state index in [1.807, 2.05) is 0 Å². The first-order chi connectivity index (χ1) is 7.06. The molecule has 0 saturated carbocycles. The SMILES string of the molecule is NCCNc1cc(Br)c(F)cc1[N+](=O)[O-]. The molecule has 0 spiro atoms. The van der Waals surface area contributed by atoms with E-state index in [0.29, 0.717) is 13.1 Å². The first-order valence-corrected chi connectivity index (χ1v) is 4.93. The fourth-order valence-corrected chi connectivity index (χ4v) is 1.38. The number of hydrogen-bond acceptors (Lipinski definition) is 4. The fraction of sp³-hybridized carbons (Fsp3) is 0.250. The van der Waals surface area contributed by atoms with Gasteiger partial charge in [-0.3, -0.25) is 10.1 Å². The van der Waals surface area contributed by atoms with Crippen molar-refractivity contribution >= 4 is 27.3 Å². The molecule has 82 valence electrons. The summed E-state index contributed by atoms with van der Waals surface area (Å²) in [5, 5.41) is 13.3. The Balaban J connectivity index is 3.10. The molecule has 0 amide bonds. The Morgan fingerprint density at radius 1 is 1.60 bits per heavy atom. The van der Waals surface area contributed by atoms with Gasteiger partial charge < -0.3 is 11.1 Å². The molecule has 0 bridgehead atoms. The van der Waals surface area contributed by atoms with Crippen molar-refractivity contribution in [1.82, 2.24) is 0 Å². The maximum atomic E-state index is 13.0. The average Bonchev–Trinajstić information content (AvgIpc) is 2.19. The van der Waals surface area contributed by atoms with Gasteiger partial charge in [0.15, 0.2) is 0 Å². The van der Waals surface area contributed by atoms with Gasteiger partial charge in [0.1, 0.15) is 11.5 Å². The van der Waals surface area contributed by atoms with Gasteiger partial charge in [-0.05, 0) is 22.0 Å². The number of hydrogen-bond donors (Lipinski definition) is 2. The number of rotatable bonds is 4. The van der Waals surface area contributed by atoms with E-state index >= 15 is 0 Å². The van der Waals surface area contributed by atoms with Crippen molar-refractivity contribution in [3.05, 3.63) is 32.5 Å². The number of nitrogens with zero attached hydrogens (tertiary/aromatic N) is 1. The predicted molar refractivity (Wildman–Crippen MR) is 58.3 cm³/mol. The number of nitrogens with one attached hydrogen (secondary N) is 1. The quantitative estimate of drug-likeness (QED) is 0.650. The van der Waals surface area contributed by atoms with Crippen LogP contribution in [0.15, 0.2) is 16.6 Å². The summed E-state index contributed by atoms with van der Waals surface area (Å²) in [6, 6.07) is 2.19.